The number of carbonyl (C=O) groups is 2. The van der Waals surface area contributed by atoms with E-state index < -0.39 is 18.1 Å². The molecule has 210 valence electrons. The van der Waals surface area contributed by atoms with Crippen molar-refractivity contribution in [3.63, 3.8) is 0 Å². The molecule has 1 aromatic heterocycles. The number of rotatable bonds is 11. The molecular weight excluding hydrogens is 519 g/mol. The Labute approximate surface area is 240 Å². The molecule has 1 unspecified atom stereocenters. The average molecular weight is 552 g/mol. The van der Waals surface area contributed by atoms with Crippen LogP contribution < -0.4 is 16.2 Å². The van der Waals surface area contributed by atoms with Crippen molar-refractivity contribution in [2.45, 2.75) is 38.8 Å². The number of pyridine rings is 1. The maximum Gasteiger partial charge on any atom is 0.411 e. The van der Waals surface area contributed by atoms with Gasteiger partial charge in [0.25, 0.3) is 5.56 Å². The number of ether oxygens (including phenoxy) is 1. The second-order valence-corrected chi connectivity index (χ2v) is 10.1. The fraction of sp³-hybridized carbons (Fsp3) is 0.258. The Morgan fingerprint density at radius 2 is 1.88 bits per heavy atom. The van der Waals surface area contributed by atoms with Crippen LogP contribution in [0.25, 0.3) is 10.8 Å². The monoisotopic (exact) mass is 552 g/mol. The number of carboxylic acids is 1. The number of H-pyrrole nitrogens is 1. The van der Waals surface area contributed by atoms with Crippen LogP contribution in [0.4, 0.5) is 16.2 Å². The minimum absolute atomic E-state index is 0.120. The zero-order valence-corrected chi connectivity index (χ0v) is 23.3. The maximum atomic E-state index is 12.5. The van der Waals surface area contributed by atoms with E-state index in [0.717, 1.165) is 22.1 Å². The van der Waals surface area contributed by atoms with Gasteiger partial charge in [-0.1, -0.05) is 50.2 Å². The molecule has 1 heterocycles. The Kier molecular flexibility index (Phi) is 9.47. The van der Waals surface area contributed by atoms with Gasteiger partial charge in [0.05, 0.1) is 6.61 Å². The van der Waals surface area contributed by atoms with Crippen LogP contribution in [0.5, 0.6) is 0 Å². The quantitative estimate of drug-likeness (QED) is 0.189. The molecule has 4 aromatic rings. The van der Waals surface area contributed by atoms with Crippen molar-refractivity contribution < 1.29 is 19.4 Å². The zero-order chi connectivity index (χ0) is 29.5. The van der Waals surface area contributed by atoms with Crippen LogP contribution in [0.15, 0.2) is 77.7 Å². The van der Waals surface area contributed by atoms with Gasteiger partial charge in [-0.05, 0) is 71.4 Å². The second-order valence-electron chi connectivity index (χ2n) is 10.1. The largest absolute Gasteiger partial charge is 0.479 e. The van der Waals surface area contributed by atoms with E-state index in [1.165, 1.54) is 0 Å². The Balaban J connectivity index is 1.44. The summed E-state index contributed by atoms with van der Waals surface area (Å²) in [7, 11) is 7.47. The number of carboxylic acid groups (broad SMARTS) is 1. The number of carbonyl (C=O) groups excluding carboxylic acids is 1. The van der Waals surface area contributed by atoms with Gasteiger partial charge >= 0.3 is 12.1 Å². The van der Waals surface area contributed by atoms with Crippen molar-refractivity contribution in [1.82, 2.24) is 9.79 Å². The van der Waals surface area contributed by atoms with Crippen LogP contribution in [-0.4, -0.2) is 48.6 Å². The first-order valence-electron chi connectivity index (χ1n) is 13.4. The van der Waals surface area contributed by atoms with E-state index in [9.17, 15) is 19.5 Å². The molecule has 0 bridgehead atoms. The third kappa shape index (κ3) is 7.55. The average Bonchev–Trinajstić information content (AvgIpc) is 2.94. The molecule has 9 nitrogen and oxygen atoms in total. The maximum absolute atomic E-state index is 12.5. The van der Waals surface area contributed by atoms with E-state index in [2.05, 4.69) is 15.6 Å². The van der Waals surface area contributed by atoms with Crippen LogP contribution in [0, 0.1) is 0 Å². The highest BCUT2D eigenvalue weighted by Gasteiger charge is 2.22. The van der Waals surface area contributed by atoms with Crippen LogP contribution in [0.2, 0.25) is 0 Å². The van der Waals surface area contributed by atoms with Gasteiger partial charge < -0.3 is 25.0 Å². The van der Waals surface area contributed by atoms with Crippen molar-refractivity contribution >= 4 is 42.2 Å². The summed E-state index contributed by atoms with van der Waals surface area (Å²) in [6.45, 7) is 4.64. The van der Waals surface area contributed by atoms with Crippen molar-refractivity contribution in [3.05, 3.63) is 106 Å². The first-order valence-corrected chi connectivity index (χ1v) is 13.4. The molecule has 0 aliphatic rings. The SMILES string of the molecule is [B]N(C)Cc1cccc(NC(=O)OC[C@H](C)c2ccc(C(Nc3ccc4cc[nH]c(=O)c4c3)C(=O)O)cc2CC)c1. The van der Waals surface area contributed by atoms with Crippen molar-refractivity contribution in [3.8, 4) is 0 Å². The fourth-order valence-corrected chi connectivity index (χ4v) is 4.80. The summed E-state index contributed by atoms with van der Waals surface area (Å²) >= 11 is 0. The number of hydrogen-bond donors (Lipinski definition) is 4. The number of fused-ring (bicyclic) bond motifs is 1. The van der Waals surface area contributed by atoms with Gasteiger partial charge in [-0.25, -0.2) is 9.59 Å². The lowest BCUT2D eigenvalue weighted by Crippen LogP contribution is -2.21. The van der Waals surface area contributed by atoms with Gasteiger partial charge in [-0.15, -0.1) is 0 Å². The molecular formula is C31H33BN4O5. The van der Waals surface area contributed by atoms with Crippen molar-refractivity contribution in [2.75, 3.05) is 24.3 Å². The van der Waals surface area contributed by atoms with Gasteiger partial charge in [0.1, 0.15) is 0 Å². The first kappa shape index (κ1) is 29.4. The van der Waals surface area contributed by atoms with Crippen LogP contribution in [0.1, 0.15) is 48.1 Å². The smallest absolute Gasteiger partial charge is 0.411 e. The van der Waals surface area contributed by atoms with E-state index in [1.54, 1.807) is 54.5 Å². The highest BCUT2D eigenvalue weighted by Crippen LogP contribution is 2.28. The number of aromatic nitrogens is 1. The minimum Gasteiger partial charge on any atom is -0.479 e. The molecule has 2 radical (unpaired) electrons. The van der Waals surface area contributed by atoms with Crippen molar-refractivity contribution in [2.24, 2.45) is 0 Å². The lowest BCUT2D eigenvalue weighted by atomic mass is 9.91. The summed E-state index contributed by atoms with van der Waals surface area (Å²) < 4.78 is 5.50. The van der Waals surface area contributed by atoms with Gasteiger partial charge in [0.15, 0.2) is 14.0 Å². The zero-order valence-electron chi connectivity index (χ0n) is 23.3. The summed E-state index contributed by atoms with van der Waals surface area (Å²) in [4.78, 5) is 41.1. The standard InChI is InChI=1S/C31H33BN4O5/c1-4-21-15-23(28(30(38)39)34-25-10-8-22-12-13-33-29(37)27(22)16-25)9-11-26(21)19(2)18-41-31(40)35-24-7-5-6-20(14-24)17-36(3)32/h5-16,19,28,34H,4,17-18H2,1-3H3,(H,33,37)(H,35,40)(H,38,39)/t19-,28?/m0/s1. The molecule has 0 saturated carbocycles. The molecule has 1 amide bonds. The predicted octanol–water partition coefficient (Wildman–Crippen LogP) is 5.20. The third-order valence-electron chi connectivity index (χ3n) is 6.82. The number of anilines is 2. The lowest BCUT2D eigenvalue weighted by molar-refractivity contribution is -0.138. The Morgan fingerprint density at radius 3 is 2.61 bits per heavy atom. The van der Waals surface area contributed by atoms with E-state index in [4.69, 9.17) is 12.7 Å². The van der Waals surface area contributed by atoms with Crippen LogP contribution >= 0.6 is 0 Å². The number of benzene rings is 3. The predicted molar refractivity (Wildman–Crippen MR) is 161 cm³/mol. The van der Waals surface area contributed by atoms with Crippen LogP contribution in [-0.2, 0) is 22.5 Å². The molecule has 0 aliphatic carbocycles. The molecule has 41 heavy (non-hydrogen) atoms. The first-order chi connectivity index (χ1) is 19.6. The molecule has 4 N–H and O–H groups in total. The molecule has 0 aliphatic heterocycles. The number of amides is 1. The van der Waals surface area contributed by atoms with Crippen LogP contribution in [0.3, 0.4) is 0 Å². The Morgan fingerprint density at radius 1 is 1.07 bits per heavy atom. The number of hydrogen-bond acceptors (Lipinski definition) is 6. The normalized spacial score (nSPS) is 12.6. The van der Waals surface area contributed by atoms with Gasteiger partial charge in [-0.2, -0.15) is 0 Å². The molecule has 2 atom stereocenters. The number of aryl methyl sites for hydroxylation is 1. The molecule has 4 rings (SSSR count). The van der Waals surface area contributed by atoms with Gasteiger partial charge in [0, 0.05) is 35.4 Å². The lowest BCUT2D eigenvalue weighted by Gasteiger charge is -2.21. The fourth-order valence-electron chi connectivity index (χ4n) is 4.80. The molecule has 0 spiro atoms. The minimum atomic E-state index is -1.04. The Bertz CT molecular complexity index is 1600. The van der Waals surface area contributed by atoms with Gasteiger partial charge in [0.2, 0.25) is 0 Å². The second kappa shape index (κ2) is 13.2. The highest BCUT2D eigenvalue weighted by atomic mass is 16.5. The molecule has 10 heteroatoms. The van der Waals surface area contributed by atoms with E-state index in [-0.39, 0.29) is 18.1 Å². The number of aliphatic carboxylic acids is 1. The van der Waals surface area contributed by atoms with Gasteiger partial charge in [-0.3, -0.25) is 10.1 Å². The molecule has 3 aromatic carbocycles. The molecule has 0 fully saturated rings. The number of aromatic amines is 1. The summed E-state index contributed by atoms with van der Waals surface area (Å²) in [5, 5.41) is 17.1. The van der Waals surface area contributed by atoms with E-state index in [0.29, 0.717) is 35.3 Å². The van der Waals surface area contributed by atoms with E-state index >= 15 is 0 Å². The number of nitrogens with one attached hydrogen (secondary N) is 3. The van der Waals surface area contributed by atoms with E-state index in [1.807, 2.05) is 44.2 Å². The topological polar surface area (TPSA) is 124 Å². The Hall–Kier alpha value is -4.57. The summed E-state index contributed by atoms with van der Waals surface area (Å²) in [5.74, 6) is -1.16. The van der Waals surface area contributed by atoms with Crippen molar-refractivity contribution in [1.29, 1.82) is 0 Å². The third-order valence-corrected chi connectivity index (χ3v) is 6.82. The summed E-state index contributed by atoms with van der Waals surface area (Å²) in [6.07, 6.45) is 1.68. The number of nitrogens with zero attached hydrogens (tertiary/aromatic N) is 1. The highest BCUT2D eigenvalue weighted by molar-refractivity contribution is 6.04. The molecule has 0 saturated heterocycles. The summed E-state index contributed by atoms with van der Waals surface area (Å²) in [6, 6.07) is 18.8. The summed E-state index contributed by atoms with van der Waals surface area (Å²) in [5.41, 5.74) is 4.36.